The van der Waals surface area contributed by atoms with E-state index in [4.69, 9.17) is 4.74 Å². The minimum Gasteiger partial charge on any atom is -0.380 e. The van der Waals surface area contributed by atoms with Gasteiger partial charge in [0.1, 0.15) is 0 Å². The lowest BCUT2D eigenvalue weighted by atomic mass is 9.90. The Morgan fingerprint density at radius 1 is 1.44 bits per heavy atom. The van der Waals surface area contributed by atoms with Gasteiger partial charge in [0.25, 0.3) is 0 Å². The summed E-state index contributed by atoms with van der Waals surface area (Å²) in [7, 11) is 3.55. The quantitative estimate of drug-likeness (QED) is 0.679. The minimum absolute atomic E-state index is 0. The largest absolute Gasteiger partial charge is 0.380 e. The number of aryl methyl sites for hydroxylation is 1. The van der Waals surface area contributed by atoms with E-state index in [0.29, 0.717) is 18.3 Å². The normalized spacial score (nSPS) is 19.2. The number of rotatable bonds is 5. The van der Waals surface area contributed by atoms with Gasteiger partial charge in [-0.25, -0.2) is 4.98 Å². The molecule has 0 unspecified atom stereocenters. The molecule has 7 nitrogen and oxygen atoms in total. The van der Waals surface area contributed by atoms with Gasteiger partial charge in [0.15, 0.2) is 5.13 Å². The van der Waals surface area contributed by atoms with Gasteiger partial charge in [-0.3, -0.25) is 9.48 Å². The van der Waals surface area contributed by atoms with E-state index < -0.39 is 0 Å². The van der Waals surface area contributed by atoms with Gasteiger partial charge in [0.05, 0.1) is 28.9 Å². The Labute approximate surface area is 167 Å². The summed E-state index contributed by atoms with van der Waals surface area (Å²) in [6.07, 6.45) is 3.82. The van der Waals surface area contributed by atoms with Crippen molar-refractivity contribution in [1.82, 2.24) is 20.1 Å². The lowest BCUT2D eigenvalue weighted by molar-refractivity contribution is -0.119. The van der Waals surface area contributed by atoms with E-state index >= 15 is 0 Å². The summed E-state index contributed by atoms with van der Waals surface area (Å²) < 4.78 is 8.05. The molecule has 144 valence electrons. The summed E-state index contributed by atoms with van der Waals surface area (Å²) in [5, 5.41) is 11.2. The number of methoxy groups -OCH3 is 1. The molecular weight excluding hydrogens is 386 g/mol. The topological polar surface area (TPSA) is 81.1 Å². The van der Waals surface area contributed by atoms with Crippen molar-refractivity contribution in [3.05, 3.63) is 41.7 Å². The average Bonchev–Trinajstić information content (AvgIpc) is 3.33. The minimum atomic E-state index is -0.135. The van der Waals surface area contributed by atoms with Crippen LogP contribution in [0.1, 0.15) is 17.0 Å². The zero-order valence-electron chi connectivity index (χ0n) is 15.1. The first-order valence-electron chi connectivity index (χ1n) is 8.53. The van der Waals surface area contributed by atoms with Crippen LogP contribution in [0.25, 0.3) is 10.2 Å². The smallest absolute Gasteiger partial charge is 0.231 e. The third kappa shape index (κ3) is 3.98. The highest BCUT2D eigenvalue weighted by atomic mass is 35.5. The van der Waals surface area contributed by atoms with Crippen molar-refractivity contribution < 1.29 is 9.53 Å². The molecule has 9 heteroatoms. The third-order valence-corrected chi connectivity index (χ3v) is 5.67. The van der Waals surface area contributed by atoms with Crippen LogP contribution in [0.15, 0.2) is 30.6 Å². The van der Waals surface area contributed by atoms with Gasteiger partial charge in [-0.15, -0.1) is 12.4 Å². The van der Waals surface area contributed by atoms with E-state index in [1.165, 1.54) is 11.3 Å². The van der Waals surface area contributed by atoms with Crippen molar-refractivity contribution in [2.45, 2.75) is 12.5 Å². The number of amides is 1. The average molecular weight is 408 g/mol. The standard InChI is InChI=1S/C18H21N5O2S.ClH/c1-23-9-12(6-20-23)13-7-19-8-14(13)17(24)22-18-21-16-11(10-25-2)4-3-5-15(16)26-18;/h3-6,9,13-14,19H,7-8,10H2,1-2H3,(H,21,22,24);1H/t13-,14+;/m1./s1. The molecule has 1 aliphatic rings. The summed E-state index contributed by atoms with van der Waals surface area (Å²) >= 11 is 1.49. The van der Waals surface area contributed by atoms with Gasteiger partial charge < -0.3 is 15.4 Å². The fourth-order valence-electron chi connectivity index (χ4n) is 3.47. The fourth-order valence-corrected chi connectivity index (χ4v) is 4.38. The molecule has 0 spiro atoms. The molecule has 1 amide bonds. The first-order chi connectivity index (χ1) is 12.7. The molecular formula is C18H22ClN5O2S. The number of aromatic nitrogens is 3. The summed E-state index contributed by atoms with van der Waals surface area (Å²) in [5.74, 6) is -0.0111. The maximum Gasteiger partial charge on any atom is 0.231 e. The number of fused-ring (bicyclic) bond motifs is 1. The highest BCUT2D eigenvalue weighted by Gasteiger charge is 2.35. The van der Waals surface area contributed by atoms with Gasteiger partial charge in [-0.1, -0.05) is 23.5 Å². The van der Waals surface area contributed by atoms with Crippen LogP contribution in [0, 0.1) is 5.92 Å². The molecule has 0 bridgehead atoms. The molecule has 1 aliphatic heterocycles. The Morgan fingerprint density at radius 2 is 2.30 bits per heavy atom. The molecule has 0 aliphatic carbocycles. The van der Waals surface area contributed by atoms with Crippen LogP contribution in [0.4, 0.5) is 5.13 Å². The van der Waals surface area contributed by atoms with Gasteiger partial charge >= 0.3 is 0 Å². The molecule has 4 rings (SSSR count). The molecule has 27 heavy (non-hydrogen) atoms. The molecule has 3 heterocycles. The Morgan fingerprint density at radius 3 is 3.04 bits per heavy atom. The Hall–Kier alpha value is -2.00. The van der Waals surface area contributed by atoms with Crippen molar-refractivity contribution >= 4 is 45.0 Å². The predicted molar refractivity (Wildman–Crippen MR) is 109 cm³/mol. The van der Waals surface area contributed by atoms with Crippen LogP contribution in [0.5, 0.6) is 0 Å². The zero-order chi connectivity index (χ0) is 18.1. The van der Waals surface area contributed by atoms with E-state index in [-0.39, 0.29) is 30.2 Å². The van der Waals surface area contributed by atoms with Crippen molar-refractivity contribution in [3.8, 4) is 0 Å². The number of para-hydroxylation sites is 1. The second-order valence-corrected chi connectivity index (χ2v) is 7.55. The van der Waals surface area contributed by atoms with Crippen molar-refractivity contribution in [3.63, 3.8) is 0 Å². The molecule has 1 aromatic carbocycles. The van der Waals surface area contributed by atoms with Gasteiger partial charge in [0, 0.05) is 44.9 Å². The van der Waals surface area contributed by atoms with E-state index in [2.05, 4.69) is 20.7 Å². The van der Waals surface area contributed by atoms with Crippen LogP contribution in [0.2, 0.25) is 0 Å². The number of anilines is 1. The number of nitrogens with zero attached hydrogens (tertiary/aromatic N) is 3. The lowest BCUT2D eigenvalue weighted by Crippen LogP contribution is -2.27. The SMILES string of the molecule is COCc1cccc2sc(NC(=O)[C@H]3CNC[C@@H]3c3cnn(C)c3)nc12.Cl. The maximum atomic E-state index is 12.9. The Balaban J connectivity index is 0.00000210. The molecule has 2 atom stereocenters. The lowest BCUT2D eigenvalue weighted by Gasteiger charge is -2.15. The number of hydrogen-bond acceptors (Lipinski definition) is 6. The third-order valence-electron chi connectivity index (χ3n) is 4.74. The van der Waals surface area contributed by atoms with Gasteiger partial charge in [-0.2, -0.15) is 5.10 Å². The molecule has 3 aromatic rings. The van der Waals surface area contributed by atoms with E-state index in [0.717, 1.165) is 27.9 Å². The highest BCUT2D eigenvalue weighted by Crippen LogP contribution is 2.32. The molecule has 1 saturated heterocycles. The van der Waals surface area contributed by atoms with Crippen LogP contribution in [-0.2, 0) is 23.2 Å². The number of hydrogen-bond donors (Lipinski definition) is 2. The molecule has 0 saturated carbocycles. The van der Waals surface area contributed by atoms with Crippen LogP contribution in [0.3, 0.4) is 0 Å². The van der Waals surface area contributed by atoms with Gasteiger partial charge in [-0.05, 0) is 11.6 Å². The van der Waals surface area contributed by atoms with Crippen molar-refractivity contribution in [2.24, 2.45) is 13.0 Å². The summed E-state index contributed by atoms with van der Waals surface area (Å²) in [6.45, 7) is 1.94. The van der Waals surface area contributed by atoms with E-state index in [9.17, 15) is 4.79 Å². The van der Waals surface area contributed by atoms with Crippen LogP contribution in [-0.4, -0.2) is 40.9 Å². The summed E-state index contributed by atoms with van der Waals surface area (Å²) in [4.78, 5) is 17.5. The highest BCUT2D eigenvalue weighted by molar-refractivity contribution is 7.22. The number of ether oxygens (including phenoxy) is 1. The zero-order valence-corrected chi connectivity index (χ0v) is 16.8. The van der Waals surface area contributed by atoms with Crippen LogP contribution < -0.4 is 10.6 Å². The first-order valence-corrected chi connectivity index (χ1v) is 9.35. The van der Waals surface area contributed by atoms with Gasteiger partial charge in [0.2, 0.25) is 5.91 Å². The first kappa shape index (κ1) is 19.8. The Bertz CT molecular complexity index is 941. The number of carbonyl (C=O) groups excluding carboxylic acids is 1. The fraction of sp³-hybridized carbons (Fsp3) is 0.389. The monoisotopic (exact) mass is 407 g/mol. The number of benzene rings is 1. The predicted octanol–water partition coefficient (Wildman–Crippen LogP) is 2.54. The van der Waals surface area contributed by atoms with Crippen LogP contribution >= 0.6 is 23.7 Å². The van der Waals surface area contributed by atoms with E-state index in [1.54, 1.807) is 11.8 Å². The Kier molecular flexibility index (Phi) is 6.11. The molecule has 2 aromatic heterocycles. The number of nitrogens with one attached hydrogen (secondary N) is 2. The van der Waals surface area contributed by atoms with E-state index in [1.807, 2.05) is 37.6 Å². The summed E-state index contributed by atoms with van der Waals surface area (Å²) in [5.41, 5.74) is 3.00. The number of carbonyl (C=O) groups is 1. The number of thiazole rings is 1. The second-order valence-electron chi connectivity index (χ2n) is 6.52. The molecule has 0 radical (unpaired) electrons. The van der Waals surface area contributed by atoms with Crippen molar-refractivity contribution in [1.29, 1.82) is 0 Å². The summed E-state index contributed by atoms with van der Waals surface area (Å²) in [6, 6.07) is 5.99. The maximum absolute atomic E-state index is 12.9. The number of halogens is 1. The second kappa shape index (κ2) is 8.35. The molecule has 1 fully saturated rings. The molecule has 2 N–H and O–H groups in total. The van der Waals surface area contributed by atoms with Crippen molar-refractivity contribution in [2.75, 3.05) is 25.5 Å².